The molecule has 0 aliphatic heterocycles. The second kappa shape index (κ2) is 9.72. The molecule has 0 amide bonds. The lowest BCUT2D eigenvalue weighted by atomic mass is 10.2. The van der Waals surface area contributed by atoms with Crippen molar-refractivity contribution < 1.29 is 32.8 Å². The Bertz CT molecular complexity index is 353. The third-order valence-corrected chi connectivity index (χ3v) is 2.94. The molecular weight excluding hydrogens is 275 g/mol. The highest BCUT2D eigenvalue weighted by Gasteiger charge is 2.23. The van der Waals surface area contributed by atoms with E-state index >= 15 is 0 Å². The van der Waals surface area contributed by atoms with E-state index in [9.17, 15) is 14.2 Å². The molecule has 0 aromatic heterocycles. The van der Waals surface area contributed by atoms with E-state index in [1.54, 1.807) is 0 Å². The van der Waals surface area contributed by atoms with Gasteiger partial charge in [-0.3, -0.25) is 14.2 Å². The Kier molecular flexibility index (Phi) is 9.12. The fourth-order valence-electron chi connectivity index (χ4n) is 1.16. The minimum atomic E-state index is -4.26. The maximum atomic E-state index is 11.1. The third kappa shape index (κ3) is 11.6. The van der Waals surface area contributed by atoms with Crippen LogP contribution in [0.2, 0.25) is 0 Å². The summed E-state index contributed by atoms with van der Waals surface area (Å²) in [6.45, 7) is 4.63. The monoisotopic (exact) mass is 294 g/mol. The Labute approximate surface area is 112 Å². The van der Waals surface area contributed by atoms with Crippen molar-refractivity contribution in [3.8, 4) is 0 Å². The van der Waals surface area contributed by atoms with Gasteiger partial charge in [0.1, 0.15) is 0 Å². The van der Waals surface area contributed by atoms with E-state index in [1.165, 1.54) is 0 Å². The van der Waals surface area contributed by atoms with Gasteiger partial charge in [0.15, 0.2) is 0 Å². The average Bonchev–Trinajstić information content (AvgIpc) is 2.30. The summed E-state index contributed by atoms with van der Waals surface area (Å²) >= 11 is 0. The lowest BCUT2D eigenvalue weighted by Crippen LogP contribution is -2.02. The largest absolute Gasteiger partial charge is 0.529 e. The van der Waals surface area contributed by atoms with Crippen molar-refractivity contribution in [2.75, 3.05) is 13.2 Å². The van der Waals surface area contributed by atoms with Crippen molar-refractivity contribution in [2.24, 2.45) is 0 Å². The predicted molar refractivity (Wildman–Crippen MR) is 67.2 cm³/mol. The highest BCUT2D eigenvalue weighted by molar-refractivity contribution is 7.48. The number of ether oxygens (including phenoxy) is 1. The Morgan fingerprint density at radius 2 is 1.79 bits per heavy atom. The van der Waals surface area contributed by atoms with Gasteiger partial charge in [-0.25, -0.2) is 9.36 Å². The molecule has 0 fully saturated rings. The van der Waals surface area contributed by atoms with Gasteiger partial charge in [-0.15, -0.1) is 0 Å². The molecule has 8 heteroatoms. The van der Waals surface area contributed by atoms with Gasteiger partial charge in [0.2, 0.25) is 0 Å². The van der Waals surface area contributed by atoms with E-state index < -0.39 is 19.8 Å². The number of hydrogen-bond donors (Lipinski definition) is 1. The molecule has 110 valence electrons. The first-order valence-electron chi connectivity index (χ1n) is 5.84. The number of hydrogen-bond acceptors (Lipinski definition) is 6. The molecular formula is C11H19O7P. The third-order valence-electron chi connectivity index (χ3n) is 1.95. The van der Waals surface area contributed by atoms with Gasteiger partial charge in [-0.2, -0.15) is 0 Å². The summed E-state index contributed by atoms with van der Waals surface area (Å²) in [6.07, 6.45) is 3.87. The molecule has 0 bridgehead atoms. The maximum absolute atomic E-state index is 11.1. The van der Waals surface area contributed by atoms with Crippen LogP contribution in [-0.4, -0.2) is 30.0 Å². The number of phosphoric acid groups is 1. The summed E-state index contributed by atoms with van der Waals surface area (Å²) < 4.78 is 24.5. The molecule has 0 saturated heterocycles. The van der Waals surface area contributed by atoms with Crippen LogP contribution < -0.4 is 0 Å². The lowest BCUT2D eigenvalue weighted by molar-refractivity contribution is -0.138. The topological polar surface area (TPSA) is 99.1 Å². The van der Waals surface area contributed by atoms with Crippen molar-refractivity contribution in [1.29, 1.82) is 0 Å². The van der Waals surface area contributed by atoms with Crippen molar-refractivity contribution in [2.45, 2.75) is 32.6 Å². The fourth-order valence-corrected chi connectivity index (χ4v) is 1.90. The SMILES string of the molecule is C=CC(=O)OCCCCCCOP(=O)(O)OC(C)=O. The molecule has 1 unspecified atom stereocenters. The molecule has 1 N–H and O–H groups in total. The van der Waals surface area contributed by atoms with Crippen molar-refractivity contribution in [3.63, 3.8) is 0 Å². The van der Waals surface area contributed by atoms with Gasteiger partial charge in [0.25, 0.3) is 0 Å². The Morgan fingerprint density at radius 3 is 2.32 bits per heavy atom. The molecule has 0 radical (unpaired) electrons. The first-order chi connectivity index (χ1) is 8.87. The second-order valence-corrected chi connectivity index (χ2v) is 5.05. The minimum Gasteiger partial charge on any atom is -0.463 e. The summed E-state index contributed by atoms with van der Waals surface area (Å²) in [5.41, 5.74) is 0. The van der Waals surface area contributed by atoms with Crippen LogP contribution in [0.5, 0.6) is 0 Å². The molecule has 0 heterocycles. The van der Waals surface area contributed by atoms with Crippen LogP contribution in [0.25, 0.3) is 0 Å². The van der Waals surface area contributed by atoms with Crippen LogP contribution >= 0.6 is 7.82 Å². The number of carbonyl (C=O) groups is 2. The summed E-state index contributed by atoms with van der Waals surface area (Å²) in [5, 5.41) is 0. The van der Waals surface area contributed by atoms with E-state index in [4.69, 9.17) is 9.63 Å². The molecule has 1 atom stereocenters. The van der Waals surface area contributed by atoms with Crippen LogP contribution in [0.3, 0.4) is 0 Å². The Morgan fingerprint density at radius 1 is 1.21 bits per heavy atom. The molecule has 19 heavy (non-hydrogen) atoms. The first-order valence-corrected chi connectivity index (χ1v) is 7.33. The highest BCUT2D eigenvalue weighted by Crippen LogP contribution is 2.43. The molecule has 0 aliphatic carbocycles. The summed E-state index contributed by atoms with van der Waals surface area (Å²) in [6, 6.07) is 0. The van der Waals surface area contributed by atoms with Gasteiger partial charge in [0.05, 0.1) is 13.2 Å². The van der Waals surface area contributed by atoms with Crippen LogP contribution in [-0.2, 0) is 27.9 Å². The number of esters is 1. The quantitative estimate of drug-likeness (QED) is 0.284. The standard InChI is InChI=1S/C11H19O7P/c1-3-11(13)16-8-6-4-5-7-9-17-19(14,15)18-10(2)12/h3H,1,4-9H2,2H3,(H,14,15). The zero-order valence-electron chi connectivity index (χ0n) is 10.9. The summed E-state index contributed by atoms with van der Waals surface area (Å²) in [4.78, 5) is 30.2. The molecule has 0 rings (SSSR count). The molecule has 0 aromatic rings. The molecule has 0 aromatic carbocycles. The van der Waals surface area contributed by atoms with Gasteiger partial charge >= 0.3 is 19.8 Å². The average molecular weight is 294 g/mol. The fraction of sp³-hybridized carbons (Fsp3) is 0.636. The Hall–Kier alpha value is -1.17. The van der Waals surface area contributed by atoms with Crippen LogP contribution in [0.4, 0.5) is 0 Å². The molecule has 0 spiro atoms. The number of carbonyl (C=O) groups excluding carboxylic acids is 2. The van der Waals surface area contributed by atoms with Gasteiger partial charge < -0.3 is 9.26 Å². The van der Waals surface area contributed by atoms with E-state index in [1.807, 2.05) is 0 Å². The van der Waals surface area contributed by atoms with Crippen LogP contribution in [0.1, 0.15) is 32.6 Å². The number of rotatable bonds is 10. The van der Waals surface area contributed by atoms with Gasteiger partial charge in [-0.1, -0.05) is 13.0 Å². The minimum absolute atomic E-state index is 0.0213. The van der Waals surface area contributed by atoms with Gasteiger partial charge in [-0.05, 0) is 19.3 Å². The van der Waals surface area contributed by atoms with E-state index in [2.05, 4.69) is 15.6 Å². The van der Waals surface area contributed by atoms with E-state index in [0.29, 0.717) is 19.4 Å². The van der Waals surface area contributed by atoms with Crippen molar-refractivity contribution >= 4 is 19.8 Å². The van der Waals surface area contributed by atoms with Crippen molar-refractivity contribution in [1.82, 2.24) is 0 Å². The zero-order valence-corrected chi connectivity index (χ0v) is 11.8. The molecule has 7 nitrogen and oxygen atoms in total. The van der Waals surface area contributed by atoms with Crippen LogP contribution in [0.15, 0.2) is 12.7 Å². The number of phosphoric ester groups is 1. The molecule has 0 saturated carbocycles. The zero-order chi connectivity index (χ0) is 14.7. The lowest BCUT2D eigenvalue weighted by Gasteiger charge is -2.10. The normalized spacial score (nSPS) is 13.4. The van der Waals surface area contributed by atoms with Crippen LogP contribution in [0, 0.1) is 0 Å². The van der Waals surface area contributed by atoms with Gasteiger partial charge in [0, 0.05) is 13.0 Å². The maximum Gasteiger partial charge on any atom is 0.529 e. The predicted octanol–water partition coefficient (Wildman–Crippen LogP) is 1.96. The van der Waals surface area contributed by atoms with E-state index in [0.717, 1.165) is 25.8 Å². The van der Waals surface area contributed by atoms with E-state index in [-0.39, 0.29) is 6.61 Å². The summed E-state index contributed by atoms with van der Waals surface area (Å²) in [5.74, 6) is -1.32. The van der Waals surface area contributed by atoms with Crippen molar-refractivity contribution in [3.05, 3.63) is 12.7 Å². The number of unbranched alkanes of at least 4 members (excludes halogenated alkanes) is 3. The highest BCUT2D eigenvalue weighted by atomic mass is 31.2. The first kappa shape index (κ1) is 17.8. The second-order valence-electron chi connectivity index (χ2n) is 3.67. The molecule has 0 aliphatic rings. The smallest absolute Gasteiger partial charge is 0.463 e. The summed E-state index contributed by atoms with van der Waals surface area (Å²) in [7, 11) is -4.26. The Balaban J connectivity index is 3.45.